The molecule has 0 saturated carbocycles. The van der Waals surface area contributed by atoms with E-state index in [0.717, 1.165) is 18.5 Å². The molecule has 0 aliphatic heterocycles. The molecule has 0 bridgehead atoms. The molecule has 0 heterocycles. The predicted molar refractivity (Wildman–Crippen MR) is 90.3 cm³/mol. The lowest BCUT2D eigenvalue weighted by Gasteiger charge is -2.23. The van der Waals surface area contributed by atoms with E-state index < -0.39 is 0 Å². The Morgan fingerprint density at radius 3 is 2.57 bits per heavy atom. The van der Waals surface area contributed by atoms with Crippen LogP contribution in [-0.2, 0) is 6.42 Å². The summed E-state index contributed by atoms with van der Waals surface area (Å²) in [6, 6.07) is 16.7. The topological polar surface area (TPSA) is 27.6 Å². The average molecular weight is 279 g/mol. The summed E-state index contributed by atoms with van der Waals surface area (Å²) in [7, 11) is 3.99. The van der Waals surface area contributed by atoms with Gasteiger partial charge < -0.3 is 5.32 Å². The first-order valence-electron chi connectivity index (χ1n) is 7.46. The summed E-state index contributed by atoms with van der Waals surface area (Å²) in [6.45, 7) is 0. The second-order valence-corrected chi connectivity index (χ2v) is 5.35. The Bertz CT molecular complexity index is 633. The summed E-state index contributed by atoms with van der Waals surface area (Å²) in [5.41, 5.74) is 6.14. The van der Waals surface area contributed by atoms with Crippen LogP contribution in [0.2, 0.25) is 0 Å². The Labute approximate surface area is 126 Å². The van der Waals surface area contributed by atoms with Gasteiger partial charge in [0.05, 0.1) is 11.4 Å². The second-order valence-electron chi connectivity index (χ2n) is 5.35. The first kappa shape index (κ1) is 13.7. The highest BCUT2D eigenvalue weighted by Crippen LogP contribution is 2.29. The van der Waals surface area contributed by atoms with Gasteiger partial charge in [-0.05, 0) is 43.0 Å². The number of nitrogens with one attached hydrogen (secondary N) is 1. The van der Waals surface area contributed by atoms with Crippen molar-refractivity contribution in [3.05, 3.63) is 59.7 Å². The van der Waals surface area contributed by atoms with Crippen LogP contribution in [0.15, 0.2) is 53.6 Å². The molecule has 0 radical (unpaired) electrons. The Hall–Kier alpha value is -2.29. The summed E-state index contributed by atoms with van der Waals surface area (Å²) in [4.78, 5) is 0. The normalized spacial score (nSPS) is 15.6. The maximum atomic E-state index is 4.87. The van der Waals surface area contributed by atoms with E-state index in [-0.39, 0.29) is 0 Å². The molecule has 0 spiro atoms. The number of anilines is 2. The smallest absolute Gasteiger partial charge is 0.0705 e. The minimum Gasteiger partial charge on any atom is -0.388 e. The monoisotopic (exact) mass is 279 g/mol. The minimum atomic E-state index is 1.03. The Balaban J connectivity index is 2.00. The van der Waals surface area contributed by atoms with E-state index in [0.29, 0.717) is 0 Å². The number of rotatable bonds is 3. The van der Waals surface area contributed by atoms with Gasteiger partial charge in [-0.15, -0.1) is 0 Å². The van der Waals surface area contributed by atoms with Crippen molar-refractivity contribution in [2.24, 2.45) is 5.10 Å². The standard InChI is InChI=1S/C18H21N3/c1-19-16-12-6-8-14-9-7-13-17(18(14)16)20-21(2)15-10-4-3-5-11-15/h3-6,8,10-12,19H,7,9,13H2,1-2H3/b20-17-. The second kappa shape index (κ2) is 6.00. The number of benzene rings is 2. The van der Waals surface area contributed by atoms with Crippen molar-refractivity contribution < 1.29 is 0 Å². The van der Waals surface area contributed by atoms with Crippen molar-refractivity contribution in [3.8, 4) is 0 Å². The van der Waals surface area contributed by atoms with Crippen molar-refractivity contribution in [1.82, 2.24) is 0 Å². The van der Waals surface area contributed by atoms with Crippen LogP contribution >= 0.6 is 0 Å². The maximum Gasteiger partial charge on any atom is 0.0705 e. The molecule has 1 aliphatic carbocycles. The lowest BCUT2D eigenvalue weighted by molar-refractivity contribution is 0.830. The molecule has 3 rings (SSSR count). The highest BCUT2D eigenvalue weighted by Gasteiger charge is 2.19. The molecule has 1 aliphatic rings. The number of fused-ring (bicyclic) bond motifs is 1. The maximum absolute atomic E-state index is 4.87. The van der Waals surface area contributed by atoms with Gasteiger partial charge in [0.15, 0.2) is 0 Å². The molecule has 3 nitrogen and oxygen atoms in total. The Kier molecular flexibility index (Phi) is 3.91. The predicted octanol–water partition coefficient (Wildman–Crippen LogP) is 3.91. The number of aryl methyl sites for hydroxylation is 1. The van der Waals surface area contributed by atoms with Gasteiger partial charge in [-0.25, -0.2) is 0 Å². The molecule has 1 N–H and O–H groups in total. The molecule has 0 atom stereocenters. The van der Waals surface area contributed by atoms with Crippen LogP contribution in [0.3, 0.4) is 0 Å². The number of para-hydroxylation sites is 1. The molecular weight excluding hydrogens is 258 g/mol. The Morgan fingerprint density at radius 2 is 1.81 bits per heavy atom. The van der Waals surface area contributed by atoms with Crippen LogP contribution in [-0.4, -0.2) is 19.8 Å². The zero-order valence-electron chi connectivity index (χ0n) is 12.6. The first-order valence-corrected chi connectivity index (χ1v) is 7.46. The summed E-state index contributed by atoms with van der Waals surface area (Å²) in [6.07, 6.45) is 3.34. The molecule has 0 amide bonds. The fourth-order valence-electron chi connectivity index (χ4n) is 2.91. The number of hydrazone groups is 1. The van der Waals surface area contributed by atoms with Crippen LogP contribution in [0, 0.1) is 0 Å². The molecule has 0 saturated heterocycles. The quantitative estimate of drug-likeness (QED) is 0.863. The molecule has 2 aromatic rings. The molecule has 21 heavy (non-hydrogen) atoms. The number of hydrogen-bond acceptors (Lipinski definition) is 3. The van der Waals surface area contributed by atoms with E-state index in [9.17, 15) is 0 Å². The lowest BCUT2D eigenvalue weighted by atomic mass is 9.89. The van der Waals surface area contributed by atoms with Gasteiger partial charge in [0, 0.05) is 25.3 Å². The lowest BCUT2D eigenvalue weighted by Crippen LogP contribution is -2.19. The molecule has 0 aromatic heterocycles. The molecule has 0 unspecified atom stereocenters. The summed E-state index contributed by atoms with van der Waals surface area (Å²) in [5, 5.41) is 10.1. The van der Waals surface area contributed by atoms with Crippen molar-refractivity contribution in [2.45, 2.75) is 19.3 Å². The van der Waals surface area contributed by atoms with Crippen LogP contribution in [0.1, 0.15) is 24.0 Å². The third-order valence-electron chi connectivity index (χ3n) is 3.97. The third-order valence-corrected chi connectivity index (χ3v) is 3.97. The van der Waals surface area contributed by atoms with E-state index in [2.05, 4.69) is 35.6 Å². The molecule has 0 fully saturated rings. The molecular formula is C18H21N3. The number of nitrogens with zero attached hydrogens (tertiary/aromatic N) is 2. The summed E-state index contributed by atoms with van der Waals surface area (Å²) >= 11 is 0. The van der Waals surface area contributed by atoms with E-state index >= 15 is 0 Å². The first-order chi connectivity index (χ1) is 10.3. The zero-order valence-corrected chi connectivity index (χ0v) is 12.6. The largest absolute Gasteiger partial charge is 0.388 e. The van der Waals surface area contributed by atoms with Crippen LogP contribution < -0.4 is 10.3 Å². The van der Waals surface area contributed by atoms with Crippen LogP contribution in [0.5, 0.6) is 0 Å². The van der Waals surface area contributed by atoms with Gasteiger partial charge in [0.1, 0.15) is 0 Å². The van der Waals surface area contributed by atoms with Crippen molar-refractivity contribution >= 4 is 17.1 Å². The van der Waals surface area contributed by atoms with E-state index in [4.69, 9.17) is 5.10 Å². The van der Waals surface area contributed by atoms with E-state index in [1.165, 1.54) is 28.9 Å². The third kappa shape index (κ3) is 2.77. The summed E-state index contributed by atoms with van der Waals surface area (Å²) < 4.78 is 0. The Morgan fingerprint density at radius 1 is 1.00 bits per heavy atom. The van der Waals surface area contributed by atoms with Gasteiger partial charge in [-0.1, -0.05) is 30.3 Å². The molecule has 108 valence electrons. The van der Waals surface area contributed by atoms with Gasteiger partial charge in [0.2, 0.25) is 0 Å². The minimum absolute atomic E-state index is 1.03. The highest BCUT2D eigenvalue weighted by atomic mass is 15.4. The average Bonchev–Trinajstić information content (AvgIpc) is 2.55. The fourth-order valence-corrected chi connectivity index (χ4v) is 2.91. The zero-order chi connectivity index (χ0) is 14.7. The fraction of sp³-hybridized carbons (Fsp3) is 0.278. The van der Waals surface area contributed by atoms with Gasteiger partial charge in [-0.2, -0.15) is 5.10 Å². The molecule has 3 heteroatoms. The number of hydrogen-bond donors (Lipinski definition) is 1. The SMILES string of the molecule is CNc1cccc2c1/C(=N\N(C)c1ccccc1)CCC2. The van der Waals surface area contributed by atoms with Crippen molar-refractivity contribution in [1.29, 1.82) is 0 Å². The van der Waals surface area contributed by atoms with Crippen molar-refractivity contribution in [3.63, 3.8) is 0 Å². The van der Waals surface area contributed by atoms with Gasteiger partial charge in [0.25, 0.3) is 0 Å². The van der Waals surface area contributed by atoms with Crippen LogP contribution in [0.4, 0.5) is 11.4 Å². The highest BCUT2D eigenvalue weighted by molar-refractivity contribution is 6.07. The molecule has 2 aromatic carbocycles. The van der Waals surface area contributed by atoms with Gasteiger partial charge in [-0.3, -0.25) is 5.01 Å². The van der Waals surface area contributed by atoms with Crippen LogP contribution in [0.25, 0.3) is 0 Å². The summed E-state index contributed by atoms with van der Waals surface area (Å²) in [5.74, 6) is 0. The van der Waals surface area contributed by atoms with E-state index in [1.807, 2.05) is 37.3 Å². The van der Waals surface area contributed by atoms with E-state index in [1.54, 1.807) is 0 Å². The van der Waals surface area contributed by atoms with Crippen molar-refractivity contribution in [2.75, 3.05) is 24.4 Å². The van der Waals surface area contributed by atoms with Gasteiger partial charge >= 0.3 is 0 Å².